The number of nitrogens with zero attached hydrogens (tertiary/aromatic N) is 1. The van der Waals surface area contributed by atoms with Gasteiger partial charge < -0.3 is 19.5 Å². The van der Waals surface area contributed by atoms with E-state index in [1.54, 1.807) is 25.1 Å². The first-order chi connectivity index (χ1) is 21.9. The van der Waals surface area contributed by atoms with Gasteiger partial charge in [-0.3, -0.25) is 4.79 Å². The smallest absolute Gasteiger partial charge is 0.329 e. The standard InChI is InChI=1S/C35H43ClN2O7S/c1-21-6-12-31(44-18-33(39)40)28-10-7-26(28)17-38-19-35(14-4-5-24-15-27(36)9-11-29(24)35)20-45-32-13-8-25(16-30(32)38)34(41)37-46(42,43)23(3)22(21)2/h6,8-9,11-13,15-16,21-23,26,28,31H,4-5,7,10,14,17-20H2,1-3H3,(H,37,41)(H,39,40)/b12-6+/t21-,22-,23+,26-,28+,31-,35-/m0/s1. The van der Waals surface area contributed by atoms with Crippen molar-refractivity contribution in [3.8, 4) is 5.75 Å². The highest BCUT2D eigenvalue weighted by atomic mass is 35.5. The van der Waals surface area contributed by atoms with Gasteiger partial charge in [0.2, 0.25) is 10.0 Å². The molecule has 2 aliphatic heterocycles. The Morgan fingerprint density at radius 3 is 2.70 bits per heavy atom. The Labute approximate surface area is 276 Å². The number of hydrogen-bond donors (Lipinski definition) is 2. The molecular weight excluding hydrogens is 628 g/mol. The van der Waals surface area contributed by atoms with Crippen molar-refractivity contribution in [3.63, 3.8) is 0 Å². The summed E-state index contributed by atoms with van der Waals surface area (Å²) in [5.74, 6) is -1.26. The third kappa shape index (κ3) is 6.40. The molecule has 46 heavy (non-hydrogen) atoms. The zero-order valence-electron chi connectivity index (χ0n) is 26.6. The predicted molar refractivity (Wildman–Crippen MR) is 177 cm³/mol. The lowest BCUT2D eigenvalue weighted by Crippen LogP contribution is -2.50. The maximum atomic E-state index is 13.5. The SMILES string of the molecule is C[C@@H]1[C@@H](C)S(=O)(=O)NC(=O)c2ccc3c(c2)N(C[C@@H]2CC[C@H]2[C@@H](OCC(=O)O)/C=C/[C@@H]1C)C[C@@]1(CCCc2cc(Cl)ccc21)CO3. The van der Waals surface area contributed by atoms with Crippen molar-refractivity contribution >= 4 is 39.2 Å². The number of nitrogens with one attached hydrogen (secondary N) is 1. The van der Waals surface area contributed by atoms with Crippen LogP contribution in [0.4, 0.5) is 5.69 Å². The van der Waals surface area contributed by atoms with Gasteiger partial charge in [-0.05, 0) is 104 Å². The zero-order valence-corrected chi connectivity index (χ0v) is 28.1. The number of carboxylic acids is 1. The van der Waals surface area contributed by atoms with Crippen LogP contribution in [0.2, 0.25) is 5.02 Å². The lowest BCUT2D eigenvalue weighted by atomic mass is 9.68. The molecule has 2 aliphatic carbocycles. The van der Waals surface area contributed by atoms with E-state index in [0.29, 0.717) is 30.5 Å². The molecule has 1 fully saturated rings. The second-order valence-electron chi connectivity index (χ2n) is 13.7. The summed E-state index contributed by atoms with van der Waals surface area (Å²) in [5.41, 5.74) is 3.12. The number of carbonyl (C=O) groups excluding carboxylic acids is 1. The van der Waals surface area contributed by atoms with Crippen molar-refractivity contribution < 1.29 is 32.6 Å². The largest absolute Gasteiger partial charge is 0.490 e. The van der Waals surface area contributed by atoms with E-state index in [0.717, 1.165) is 37.8 Å². The molecule has 6 rings (SSSR count). The van der Waals surface area contributed by atoms with Crippen LogP contribution in [0, 0.1) is 23.7 Å². The van der Waals surface area contributed by atoms with Crippen LogP contribution in [0.25, 0.3) is 0 Å². The monoisotopic (exact) mass is 670 g/mol. The number of sulfonamides is 1. The number of fused-ring (bicyclic) bond motifs is 4. The lowest BCUT2D eigenvalue weighted by molar-refractivity contribution is -0.145. The molecule has 2 aromatic carbocycles. The third-order valence-corrected chi connectivity index (χ3v) is 13.1. The van der Waals surface area contributed by atoms with Crippen molar-refractivity contribution in [1.82, 2.24) is 4.72 Å². The average molecular weight is 671 g/mol. The van der Waals surface area contributed by atoms with Crippen LogP contribution in [-0.2, 0) is 31.4 Å². The van der Waals surface area contributed by atoms with E-state index in [-0.39, 0.29) is 34.7 Å². The number of allylic oxidation sites excluding steroid dienone is 1. The van der Waals surface area contributed by atoms with Gasteiger partial charge in [0.25, 0.3) is 5.91 Å². The number of carboxylic acid groups (broad SMARTS) is 1. The van der Waals surface area contributed by atoms with Crippen molar-refractivity contribution in [2.45, 2.75) is 69.6 Å². The summed E-state index contributed by atoms with van der Waals surface area (Å²) in [6.07, 6.45) is 8.13. The summed E-state index contributed by atoms with van der Waals surface area (Å²) in [6.45, 7) is 6.72. The molecule has 11 heteroatoms. The third-order valence-electron chi connectivity index (χ3n) is 11.0. The van der Waals surface area contributed by atoms with Gasteiger partial charge in [0.15, 0.2) is 0 Å². The molecule has 2 N–H and O–H groups in total. The molecule has 0 saturated heterocycles. The number of halogens is 1. The van der Waals surface area contributed by atoms with Crippen molar-refractivity contribution in [3.05, 3.63) is 70.3 Å². The van der Waals surface area contributed by atoms with Crippen LogP contribution in [0.5, 0.6) is 5.75 Å². The number of aryl methyl sites for hydroxylation is 1. The Bertz CT molecular complexity index is 1650. The molecule has 1 saturated carbocycles. The van der Waals surface area contributed by atoms with Gasteiger partial charge >= 0.3 is 5.97 Å². The maximum absolute atomic E-state index is 13.5. The van der Waals surface area contributed by atoms with Crippen LogP contribution in [0.15, 0.2) is 48.6 Å². The fourth-order valence-electron chi connectivity index (χ4n) is 7.73. The minimum atomic E-state index is -4.01. The molecule has 7 atom stereocenters. The molecule has 248 valence electrons. The molecule has 1 amide bonds. The molecule has 0 unspecified atom stereocenters. The summed E-state index contributed by atoms with van der Waals surface area (Å²) < 4.78 is 41.7. The topological polar surface area (TPSA) is 122 Å². The van der Waals surface area contributed by atoms with Gasteiger partial charge in [0.05, 0.1) is 23.6 Å². The van der Waals surface area contributed by atoms with E-state index < -0.39 is 39.9 Å². The quantitative estimate of drug-likeness (QED) is 0.405. The van der Waals surface area contributed by atoms with Crippen LogP contribution >= 0.6 is 11.6 Å². The number of aliphatic carboxylic acids is 1. The normalized spacial score (nSPS) is 33.0. The van der Waals surface area contributed by atoms with Crippen LogP contribution in [-0.4, -0.2) is 63.1 Å². The highest BCUT2D eigenvalue weighted by Gasteiger charge is 2.45. The summed E-state index contributed by atoms with van der Waals surface area (Å²) in [5, 5.41) is 9.29. The van der Waals surface area contributed by atoms with E-state index >= 15 is 0 Å². The fourth-order valence-corrected chi connectivity index (χ4v) is 9.30. The van der Waals surface area contributed by atoms with Gasteiger partial charge in [0.1, 0.15) is 12.4 Å². The molecular formula is C35H43ClN2O7S. The van der Waals surface area contributed by atoms with Gasteiger partial charge in [-0.25, -0.2) is 17.9 Å². The molecule has 0 radical (unpaired) electrons. The van der Waals surface area contributed by atoms with E-state index in [9.17, 15) is 23.1 Å². The van der Waals surface area contributed by atoms with E-state index in [1.807, 2.05) is 32.1 Å². The van der Waals surface area contributed by atoms with Crippen molar-refractivity contribution in [1.29, 1.82) is 0 Å². The molecule has 2 heterocycles. The Morgan fingerprint density at radius 1 is 1.15 bits per heavy atom. The number of hydrogen-bond acceptors (Lipinski definition) is 7. The Kier molecular flexibility index (Phi) is 9.17. The average Bonchev–Trinajstić information content (AvgIpc) is 3.15. The molecule has 2 bridgehead atoms. The zero-order chi connectivity index (χ0) is 32.8. The molecule has 9 nitrogen and oxygen atoms in total. The lowest BCUT2D eigenvalue weighted by Gasteiger charge is -2.46. The number of ether oxygens (including phenoxy) is 2. The minimum Gasteiger partial charge on any atom is -0.490 e. The van der Waals surface area contributed by atoms with Crippen LogP contribution in [0.3, 0.4) is 0 Å². The summed E-state index contributed by atoms with van der Waals surface area (Å²) >= 11 is 6.41. The Balaban J connectivity index is 1.43. The highest BCUT2D eigenvalue weighted by Crippen LogP contribution is 2.47. The molecule has 0 aromatic heterocycles. The predicted octanol–water partition coefficient (Wildman–Crippen LogP) is 5.60. The molecule has 4 aliphatic rings. The number of benzene rings is 2. The number of carbonyl (C=O) groups is 2. The summed E-state index contributed by atoms with van der Waals surface area (Å²) in [7, 11) is -4.01. The molecule has 2 aromatic rings. The van der Waals surface area contributed by atoms with Crippen molar-refractivity contribution in [2.75, 3.05) is 31.2 Å². The van der Waals surface area contributed by atoms with Crippen LogP contribution in [0.1, 0.15) is 67.9 Å². The summed E-state index contributed by atoms with van der Waals surface area (Å²) in [4.78, 5) is 27.3. The second kappa shape index (κ2) is 12.8. The van der Waals surface area contributed by atoms with Gasteiger partial charge in [-0.1, -0.05) is 43.7 Å². The van der Waals surface area contributed by atoms with Gasteiger partial charge in [-0.2, -0.15) is 0 Å². The second-order valence-corrected chi connectivity index (χ2v) is 16.2. The molecule has 1 spiro atoms. The van der Waals surface area contributed by atoms with E-state index in [4.69, 9.17) is 21.1 Å². The highest BCUT2D eigenvalue weighted by molar-refractivity contribution is 7.90. The maximum Gasteiger partial charge on any atom is 0.329 e. The van der Waals surface area contributed by atoms with Gasteiger partial charge in [0, 0.05) is 29.1 Å². The first-order valence-electron chi connectivity index (χ1n) is 16.3. The fraction of sp³-hybridized carbons (Fsp3) is 0.543. The number of rotatable bonds is 3. The Hall–Kier alpha value is -3.08. The number of amides is 1. The number of anilines is 1. The first-order valence-corrected chi connectivity index (χ1v) is 18.2. The Morgan fingerprint density at radius 2 is 1.96 bits per heavy atom. The minimum absolute atomic E-state index is 0.0830. The summed E-state index contributed by atoms with van der Waals surface area (Å²) in [6, 6.07) is 11.2. The van der Waals surface area contributed by atoms with Crippen LogP contribution < -0.4 is 14.4 Å². The van der Waals surface area contributed by atoms with Gasteiger partial charge in [-0.15, -0.1) is 0 Å². The first kappa shape index (κ1) is 32.8. The van der Waals surface area contributed by atoms with Crippen molar-refractivity contribution in [2.24, 2.45) is 23.7 Å². The van der Waals surface area contributed by atoms with E-state index in [2.05, 4.69) is 21.8 Å². The van der Waals surface area contributed by atoms with E-state index in [1.165, 1.54) is 11.1 Å².